The smallest absolute Gasteiger partial charge is 0.259 e. The first-order chi connectivity index (χ1) is 15.5. The number of amides is 2. The lowest BCUT2D eigenvalue weighted by Gasteiger charge is -2.10. The van der Waals surface area contributed by atoms with Crippen LogP contribution in [-0.4, -0.2) is 35.6 Å². The number of halogens is 1. The van der Waals surface area contributed by atoms with Gasteiger partial charge < -0.3 is 14.8 Å². The number of ether oxygens (including phenoxy) is 1. The van der Waals surface area contributed by atoms with Crippen molar-refractivity contribution in [2.45, 2.75) is 6.42 Å². The summed E-state index contributed by atoms with van der Waals surface area (Å²) in [5.41, 5.74) is 4.29. The molecule has 160 valence electrons. The van der Waals surface area contributed by atoms with Gasteiger partial charge >= 0.3 is 0 Å². The van der Waals surface area contributed by atoms with E-state index in [-0.39, 0.29) is 6.61 Å². The van der Waals surface area contributed by atoms with Gasteiger partial charge in [0, 0.05) is 44.6 Å². The second-order valence-electron chi connectivity index (χ2n) is 7.54. The molecule has 5 rings (SSSR count). The van der Waals surface area contributed by atoms with E-state index in [4.69, 9.17) is 21.4 Å². The van der Waals surface area contributed by atoms with Crippen LogP contribution in [0.3, 0.4) is 0 Å². The van der Waals surface area contributed by atoms with Gasteiger partial charge in [0.25, 0.3) is 11.8 Å². The van der Waals surface area contributed by atoms with Gasteiger partial charge in [-0.3, -0.25) is 14.9 Å². The largest absolute Gasteiger partial charge is 0.496 e. The fourth-order valence-electron chi connectivity index (χ4n) is 4.29. The monoisotopic (exact) mass is 446 g/mol. The quantitative estimate of drug-likeness (QED) is 0.379. The highest BCUT2D eigenvalue weighted by atomic mass is 35.5. The van der Waals surface area contributed by atoms with Crippen molar-refractivity contribution in [2.24, 2.45) is 0 Å². The van der Waals surface area contributed by atoms with Crippen LogP contribution in [0.15, 0.2) is 48.5 Å². The molecule has 3 aromatic carbocycles. The number of methoxy groups -OCH3 is 1. The number of aliphatic hydroxyl groups is 1. The van der Waals surface area contributed by atoms with Crippen LogP contribution in [0, 0.1) is 0 Å². The van der Waals surface area contributed by atoms with E-state index in [9.17, 15) is 9.59 Å². The summed E-state index contributed by atoms with van der Waals surface area (Å²) in [7, 11) is 1.58. The second-order valence-corrected chi connectivity index (χ2v) is 7.95. The van der Waals surface area contributed by atoms with E-state index in [1.165, 1.54) is 0 Å². The summed E-state index contributed by atoms with van der Waals surface area (Å²) in [6.07, 6.45) is 4.28. The van der Waals surface area contributed by atoms with Crippen molar-refractivity contribution in [3.63, 3.8) is 0 Å². The molecule has 1 aliphatic rings. The zero-order valence-corrected chi connectivity index (χ0v) is 17.9. The number of H-pyrrole nitrogens is 1. The zero-order chi connectivity index (χ0) is 22.4. The van der Waals surface area contributed by atoms with Gasteiger partial charge in [-0.15, -0.1) is 0 Å². The van der Waals surface area contributed by atoms with Gasteiger partial charge in [-0.05, 0) is 36.2 Å². The predicted molar refractivity (Wildman–Crippen MR) is 125 cm³/mol. The number of aliphatic hydroxyl groups excluding tert-OH is 1. The number of imide groups is 1. The number of hydrogen-bond acceptors (Lipinski definition) is 4. The van der Waals surface area contributed by atoms with Crippen molar-refractivity contribution >= 4 is 51.3 Å². The first kappa shape index (κ1) is 20.3. The molecule has 1 aromatic heterocycles. The Morgan fingerprint density at radius 1 is 1.03 bits per heavy atom. The molecule has 32 heavy (non-hydrogen) atoms. The predicted octanol–water partition coefficient (Wildman–Crippen LogP) is 4.93. The highest BCUT2D eigenvalue weighted by Crippen LogP contribution is 2.42. The Morgan fingerprint density at radius 2 is 1.81 bits per heavy atom. The third kappa shape index (κ3) is 3.07. The normalized spacial score (nSPS) is 13.3. The highest BCUT2D eigenvalue weighted by Gasteiger charge is 2.34. The topological polar surface area (TPSA) is 91.4 Å². The lowest BCUT2D eigenvalue weighted by atomic mass is 9.92. The first-order valence-electron chi connectivity index (χ1n) is 10.1. The second kappa shape index (κ2) is 7.82. The van der Waals surface area contributed by atoms with E-state index in [0.717, 1.165) is 22.0 Å². The average molecular weight is 447 g/mol. The number of aromatic amines is 1. The summed E-state index contributed by atoms with van der Waals surface area (Å²) in [6.45, 7) is 0.0630. The standard InChI is InChI=1S/C25H19ClN2O4/c1-32-20-12-16-18(10-13(20)6-4-5-9-29)27-19-11-15(14-7-2-3-8-17(14)26)22-23(21(16)19)25(31)28-24(22)30/h2-4,6-8,10-12,27,29H,5,9H2,1H3,(H,28,30,31)/b6-4+. The molecule has 0 aliphatic carbocycles. The van der Waals surface area contributed by atoms with Gasteiger partial charge in [-0.25, -0.2) is 0 Å². The first-order valence-corrected chi connectivity index (χ1v) is 10.5. The van der Waals surface area contributed by atoms with Crippen LogP contribution in [-0.2, 0) is 0 Å². The number of carbonyl (C=O) groups excluding carboxylic acids is 2. The molecule has 2 amide bonds. The van der Waals surface area contributed by atoms with Crippen LogP contribution >= 0.6 is 11.6 Å². The SMILES string of the molecule is COc1cc2c(cc1/C=C/CCO)[nH]c1cc(-c3ccccc3Cl)c3c(c12)C(=O)NC3=O. The molecule has 0 unspecified atom stereocenters. The summed E-state index contributed by atoms with van der Waals surface area (Å²) in [6, 6.07) is 12.9. The maximum absolute atomic E-state index is 12.9. The fourth-order valence-corrected chi connectivity index (χ4v) is 4.53. The zero-order valence-electron chi connectivity index (χ0n) is 17.2. The van der Waals surface area contributed by atoms with Crippen molar-refractivity contribution in [1.29, 1.82) is 0 Å². The Hall–Kier alpha value is -3.61. The molecule has 0 fully saturated rings. The van der Waals surface area contributed by atoms with E-state index >= 15 is 0 Å². The van der Waals surface area contributed by atoms with Crippen LogP contribution in [0.1, 0.15) is 32.7 Å². The van der Waals surface area contributed by atoms with Crippen molar-refractivity contribution in [3.05, 3.63) is 70.3 Å². The van der Waals surface area contributed by atoms with Crippen molar-refractivity contribution < 1.29 is 19.4 Å². The van der Waals surface area contributed by atoms with Gasteiger partial charge in [-0.1, -0.05) is 42.0 Å². The number of fused-ring (bicyclic) bond motifs is 5. The fraction of sp³-hybridized carbons (Fsp3) is 0.120. The van der Waals surface area contributed by atoms with Crippen LogP contribution < -0.4 is 10.1 Å². The summed E-state index contributed by atoms with van der Waals surface area (Å²) < 4.78 is 5.57. The molecular formula is C25H19ClN2O4. The Balaban J connectivity index is 1.85. The third-order valence-electron chi connectivity index (χ3n) is 5.67. The molecule has 0 bridgehead atoms. The average Bonchev–Trinajstić information content (AvgIpc) is 3.28. The summed E-state index contributed by atoms with van der Waals surface area (Å²) in [5, 5.41) is 13.4. The van der Waals surface area contributed by atoms with E-state index in [0.29, 0.717) is 44.8 Å². The third-order valence-corrected chi connectivity index (χ3v) is 6.00. The number of rotatable bonds is 5. The molecule has 2 heterocycles. The minimum atomic E-state index is -0.438. The van der Waals surface area contributed by atoms with Crippen molar-refractivity contribution in [3.8, 4) is 16.9 Å². The maximum atomic E-state index is 12.9. The Bertz CT molecular complexity index is 1450. The number of benzene rings is 3. The Morgan fingerprint density at radius 3 is 2.56 bits per heavy atom. The van der Waals surface area contributed by atoms with Gasteiger partial charge in [-0.2, -0.15) is 0 Å². The van der Waals surface area contributed by atoms with Crippen molar-refractivity contribution in [1.82, 2.24) is 10.3 Å². The van der Waals surface area contributed by atoms with E-state index in [1.54, 1.807) is 13.2 Å². The molecule has 6 nitrogen and oxygen atoms in total. The summed E-state index contributed by atoms with van der Waals surface area (Å²) in [4.78, 5) is 29.0. The van der Waals surface area contributed by atoms with Gasteiger partial charge in [0.2, 0.25) is 0 Å². The molecule has 0 saturated heterocycles. The highest BCUT2D eigenvalue weighted by molar-refractivity contribution is 6.36. The Labute approximate surface area is 188 Å². The van der Waals surface area contributed by atoms with Gasteiger partial charge in [0.05, 0.1) is 18.2 Å². The van der Waals surface area contributed by atoms with Crippen LogP contribution in [0.25, 0.3) is 39.0 Å². The molecule has 7 heteroatoms. The summed E-state index contributed by atoms with van der Waals surface area (Å²) in [5.74, 6) is -0.247. The van der Waals surface area contributed by atoms with E-state index < -0.39 is 11.8 Å². The summed E-state index contributed by atoms with van der Waals surface area (Å²) >= 11 is 6.43. The number of carbonyl (C=O) groups is 2. The molecule has 1 aliphatic heterocycles. The molecule has 4 aromatic rings. The molecule has 3 N–H and O–H groups in total. The lowest BCUT2D eigenvalue weighted by Crippen LogP contribution is -2.20. The molecule has 0 atom stereocenters. The molecular weight excluding hydrogens is 428 g/mol. The van der Waals surface area contributed by atoms with Gasteiger partial charge in [0.15, 0.2) is 0 Å². The minimum Gasteiger partial charge on any atom is -0.496 e. The van der Waals surface area contributed by atoms with Crippen LogP contribution in [0.4, 0.5) is 0 Å². The van der Waals surface area contributed by atoms with Crippen LogP contribution in [0.2, 0.25) is 5.02 Å². The number of hydrogen-bond donors (Lipinski definition) is 3. The van der Waals surface area contributed by atoms with E-state index in [1.807, 2.05) is 48.6 Å². The maximum Gasteiger partial charge on any atom is 0.259 e. The molecule has 0 spiro atoms. The number of aromatic nitrogens is 1. The Kier molecular flexibility index (Phi) is 4.96. The molecule has 0 radical (unpaired) electrons. The van der Waals surface area contributed by atoms with E-state index in [2.05, 4.69) is 10.3 Å². The van der Waals surface area contributed by atoms with Crippen LogP contribution in [0.5, 0.6) is 5.75 Å². The minimum absolute atomic E-state index is 0.0630. The molecule has 0 saturated carbocycles. The van der Waals surface area contributed by atoms with Gasteiger partial charge in [0.1, 0.15) is 5.75 Å². The lowest BCUT2D eigenvalue weighted by molar-refractivity contribution is 0.0880. The van der Waals surface area contributed by atoms with Crippen molar-refractivity contribution in [2.75, 3.05) is 13.7 Å². The number of nitrogens with one attached hydrogen (secondary N) is 2.